The van der Waals surface area contributed by atoms with Crippen LogP contribution in [0.1, 0.15) is 42.5 Å². The van der Waals surface area contributed by atoms with Gasteiger partial charge in [0.2, 0.25) is 5.91 Å². The highest BCUT2D eigenvalue weighted by Crippen LogP contribution is 2.51. The van der Waals surface area contributed by atoms with E-state index in [0.717, 1.165) is 13.0 Å². The minimum absolute atomic E-state index is 0.0276. The molecule has 2 amide bonds. The van der Waals surface area contributed by atoms with E-state index in [2.05, 4.69) is 10.6 Å². The summed E-state index contributed by atoms with van der Waals surface area (Å²) in [5.74, 6) is 1.30. The number of amides is 2. The lowest BCUT2D eigenvalue weighted by molar-refractivity contribution is -0.129. The van der Waals surface area contributed by atoms with E-state index < -0.39 is 0 Å². The highest BCUT2D eigenvalue weighted by atomic mass is 16.5. The van der Waals surface area contributed by atoms with Gasteiger partial charge in [0.1, 0.15) is 0 Å². The van der Waals surface area contributed by atoms with Gasteiger partial charge in [-0.2, -0.15) is 0 Å². The summed E-state index contributed by atoms with van der Waals surface area (Å²) in [6.45, 7) is 0.843. The molecule has 1 heterocycles. The maximum atomic E-state index is 12.4. The molecule has 2 saturated carbocycles. The Morgan fingerprint density at radius 1 is 1.08 bits per heavy atom. The van der Waals surface area contributed by atoms with E-state index in [9.17, 15) is 9.59 Å². The van der Waals surface area contributed by atoms with Crippen LogP contribution in [-0.4, -0.2) is 37.1 Å². The number of ether oxygens (including phenoxy) is 1. The molecule has 5 heteroatoms. The summed E-state index contributed by atoms with van der Waals surface area (Å²) in [4.78, 5) is 24.4. The van der Waals surface area contributed by atoms with Crippen LogP contribution >= 0.6 is 0 Å². The highest BCUT2D eigenvalue weighted by molar-refractivity contribution is 5.96. The van der Waals surface area contributed by atoms with E-state index in [-0.39, 0.29) is 24.4 Å². The van der Waals surface area contributed by atoms with Gasteiger partial charge in [-0.25, -0.2) is 0 Å². The summed E-state index contributed by atoms with van der Waals surface area (Å²) in [6, 6.07) is 9.21. The summed E-state index contributed by atoms with van der Waals surface area (Å²) in [5.41, 5.74) is 0.576. The fraction of sp³-hybridized carbons (Fsp3) is 0.600. The molecule has 1 aromatic rings. The van der Waals surface area contributed by atoms with E-state index in [1.165, 1.54) is 25.7 Å². The average Bonchev–Trinajstić information content (AvgIpc) is 3.29. The second-order valence-electron chi connectivity index (χ2n) is 7.55. The van der Waals surface area contributed by atoms with E-state index >= 15 is 0 Å². The maximum Gasteiger partial charge on any atom is 0.251 e. The first-order valence-electron chi connectivity index (χ1n) is 9.48. The molecular formula is C20H26N2O3. The molecule has 2 aliphatic carbocycles. The molecule has 0 radical (unpaired) electrons. The first kappa shape index (κ1) is 16.6. The number of fused-ring (bicyclic) bond motifs is 1. The van der Waals surface area contributed by atoms with Gasteiger partial charge in [-0.15, -0.1) is 0 Å². The van der Waals surface area contributed by atoms with Crippen LogP contribution in [0.2, 0.25) is 0 Å². The number of hydrogen-bond donors (Lipinski definition) is 2. The van der Waals surface area contributed by atoms with Crippen molar-refractivity contribution in [2.45, 2.75) is 44.2 Å². The van der Waals surface area contributed by atoms with E-state index in [1.54, 1.807) is 12.1 Å². The van der Waals surface area contributed by atoms with Crippen LogP contribution in [0.15, 0.2) is 30.3 Å². The van der Waals surface area contributed by atoms with Crippen molar-refractivity contribution in [3.63, 3.8) is 0 Å². The lowest BCUT2D eigenvalue weighted by atomic mass is 9.61. The Bertz CT molecular complexity index is 622. The lowest BCUT2D eigenvalue weighted by Gasteiger charge is -2.50. The van der Waals surface area contributed by atoms with Crippen molar-refractivity contribution in [1.82, 2.24) is 10.6 Å². The molecule has 0 aromatic heterocycles. The molecule has 3 aliphatic rings. The van der Waals surface area contributed by atoms with Crippen molar-refractivity contribution in [2.75, 3.05) is 13.2 Å². The summed E-state index contributed by atoms with van der Waals surface area (Å²) in [6.07, 6.45) is 6.49. The molecule has 0 bridgehead atoms. The fourth-order valence-electron chi connectivity index (χ4n) is 4.95. The van der Waals surface area contributed by atoms with Crippen LogP contribution in [0.25, 0.3) is 0 Å². The molecule has 0 spiro atoms. The van der Waals surface area contributed by atoms with Gasteiger partial charge in [-0.3, -0.25) is 9.59 Å². The Labute approximate surface area is 148 Å². The smallest absolute Gasteiger partial charge is 0.251 e. The summed E-state index contributed by atoms with van der Waals surface area (Å²) < 4.78 is 5.92. The van der Waals surface area contributed by atoms with Crippen molar-refractivity contribution in [2.24, 2.45) is 17.8 Å². The number of nitrogens with one attached hydrogen (secondary N) is 2. The van der Waals surface area contributed by atoms with Crippen LogP contribution in [0.3, 0.4) is 0 Å². The highest BCUT2D eigenvalue weighted by Gasteiger charge is 2.56. The topological polar surface area (TPSA) is 67.4 Å². The molecule has 1 saturated heterocycles. The third-order valence-electron chi connectivity index (χ3n) is 6.16. The van der Waals surface area contributed by atoms with E-state index in [1.807, 2.05) is 18.2 Å². The molecule has 3 fully saturated rings. The van der Waals surface area contributed by atoms with Crippen molar-refractivity contribution in [3.8, 4) is 0 Å². The normalized spacial score (nSPS) is 31.2. The number of carbonyl (C=O) groups excluding carboxylic acids is 2. The first-order valence-corrected chi connectivity index (χ1v) is 9.48. The Balaban J connectivity index is 1.31. The zero-order valence-corrected chi connectivity index (χ0v) is 14.4. The van der Waals surface area contributed by atoms with E-state index in [4.69, 9.17) is 4.74 Å². The van der Waals surface area contributed by atoms with Gasteiger partial charge >= 0.3 is 0 Å². The minimum Gasteiger partial charge on any atom is -0.377 e. The summed E-state index contributed by atoms with van der Waals surface area (Å²) >= 11 is 0. The Kier molecular flexibility index (Phi) is 4.75. The van der Waals surface area contributed by atoms with Gasteiger partial charge in [0.05, 0.1) is 12.6 Å². The predicted octanol–water partition coefficient (Wildman–Crippen LogP) is 2.13. The standard InChI is InChI=1S/C20H26N2O3/c23-16(12-21-20(24)14-8-2-1-3-9-14)22-18-15-10-11-25-19(15)17(18)13-6-4-5-7-13/h1-3,8-9,13,15,17-19H,4-7,10-12H2,(H,21,24)(H,22,23)/t15-,17+,18+,19-/m1/s1. The molecule has 134 valence electrons. The van der Waals surface area contributed by atoms with Crippen LogP contribution in [0.4, 0.5) is 0 Å². The van der Waals surface area contributed by atoms with Crippen LogP contribution in [-0.2, 0) is 9.53 Å². The zero-order valence-electron chi connectivity index (χ0n) is 14.4. The molecule has 4 atom stereocenters. The van der Waals surface area contributed by atoms with Gasteiger partial charge < -0.3 is 15.4 Å². The molecule has 2 N–H and O–H groups in total. The summed E-state index contributed by atoms with van der Waals surface area (Å²) in [5, 5.41) is 5.90. The molecule has 25 heavy (non-hydrogen) atoms. The van der Waals surface area contributed by atoms with Crippen molar-refractivity contribution in [3.05, 3.63) is 35.9 Å². The van der Waals surface area contributed by atoms with Crippen molar-refractivity contribution in [1.29, 1.82) is 0 Å². The zero-order chi connectivity index (χ0) is 17.2. The van der Waals surface area contributed by atoms with Gasteiger partial charge in [0.25, 0.3) is 5.91 Å². The van der Waals surface area contributed by atoms with Crippen molar-refractivity contribution < 1.29 is 14.3 Å². The van der Waals surface area contributed by atoms with Gasteiger partial charge in [0, 0.05) is 30.0 Å². The second-order valence-corrected chi connectivity index (χ2v) is 7.55. The number of hydrogen-bond acceptors (Lipinski definition) is 3. The van der Waals surface area contributed by atoms with Crippen molar-refractivity contribution >= 4 is 11.8 Å². The largest absolute Gasteiger partial charge is 0.377 e. The third-order valence-corrected chi connectivity index (χ3v) is 6.16. The van der Waals surface area contributed by atoms with E-state index in [0.29, 0.717) is 29.4 Å². The SMILES string of the molecule is O=C(CNC(=O)c1ccccc1)N[C@H]1[C@H]2CCO[C@H]2[C@H]1C1CCCC1. The molecular weight excluding hydrogens is 316 g/mol. The Hall–Kier alpha value is -1.88. The maximum absolute atomic E-state index is 12.4. The lowest BCUT2D eigenvalue weighted by Crippen LogP contribution is -2.64. The first-order chi connectivity index (χ1) is 12.2. The fourth-order valence-corrected chi connectivity index (χ4v) is 4.95. The molecule has 1 aromatic carbocycles. The van der Waals surface area contributed by atoms with Crippen LogP contribution in [0.5, 0.6) is 0 Å². The molecule has 4 rings (SSSR count). The monoisotopic (exact) mass is 342 g/mol. The van der Waals surface area contributed by atoms with Crippen LogP contribution < -0.4 is 10.6 Å². The molecule has 1 aliphatic heterocycles. The Morgan fingerprint density at radius 2 is 1.84 bits per heavy atom. The number of rotatable bonds is 5. The quantitative estimate of drug-likeness (QED) is 0.861. The van der Waals surface area contributed by atoms with Gasteiger partial charge in [0.15, 0.2) is 0 Å². The average molecular weight is 342 g/mol. The van der Waals surface area contributed by atoms with Crippen LogP contribution in [0, 0.1) is 17.8 Å². The third kappa shape index (κ3) is 3.30. The second kappa shape index (κ2) is 7.16. The Morgan fingerprint density at radius 3 is 2.60 bits per heavy atom. The molecule has 0 unspecified atom stereocenters. The number of carbonyl (C=O) groups is 2. The summed E-state index contributed by atoms with van der Waals surface area (Å²) in [7, 11) is 0. The predicted molar refractivity (Wildman–Crippen MR) is 94.0 cm³/mol. The van der Waals surface area contributed by atoms with Gasteiger partial charge in [-0.1, -0.05) is 43.9 Å². The van der Waals surface area contributed by atoms with Gasteiger partial charge in [-0.05, 0) is 24.5 Å². The number of benzene rings is 1. The minimum atomic E-state index is -0.209. The molecule has 5 nitrogen and oxygen atoms in total.